The third-order valence-electron chi connectivity index (χ3n) is 6.23. The number of hydrogen-bond donors (Lipinski definition) is 0. The van der Waals surface area contributed by atoms with E-state index in [1.807, 2.05) is 89.3 Å². The molecule has 0 aliphatic heterocycles. The summed E-state index contributed by atoms with van der Waals surface area (Å²) in [4.78, 5) is 15.0. The highest BCUT2D eigenvalue weighted by molar-refractivity contribution is 5.90. The van der Waals surface area contributed by atoms with E-state index >= 15 is 0 Å². The van der Waals surface area contributed by atoms with Gasteiger partial charge in [0.1, 0.15) is 23.7 Å². The number of fused-ring (bicyclic) bond motifs is 1. The van der Waals surface area contributed by atoms with Gasteiger partial charge in [0, 0.05) is 30.7 Å². The average molecular weight is 515 g/mol. The molecule has 0 fully saturated rings. The number of rotatable bonds is 10. The lowest BCUT2D eigenvalue weighted by Gasteiger charge is -2.28. The van der Waals surface area contributed by atoms with Crippen molar-refractivity contribution in [3.05, 3.63) is 95.7 Å². The summed E-state index contributed by atoms with van der Waals surface area (Å²) in [6.45, 7) is 9.56. The van der Waals surface area contributed by atoms with E-state index in [0.717, 1.165) is 39.1 Å². The van der Waals surface area contributed by atoms with E-state index in [1.54, 1.807) is 4.90 Å². The quantitative estimate of drug-likeness (QED) is 0.226. The van der Waals surface area contributed by atoms with Crippen LogP contribution in [0, 0.1) is 0 Å². The lowest BCUT2D eigenvalue weighted by atomic mass is 10.1. The Labute approximate surface area is 225 Å². The number of amides is 1. The molecule has 0 radical (unpaired) electrons. The van der Waals surface area contributed by atoms with Crippen LogP contribution in [0.2, 0.25) is 0 Å². The number of carbonyl (C=O) groups is 1. The SMILES string of the molecule is CCOc1ccccc1CN(CCc1cn(C)c2cccc(OCc3ccccc3)c12)C(=O)OC(C)(C)C. The van der Waals surface area contributed by atoms with E-state index in [9.17, 15) is 4.79 Å². The number of benzene rings is 3. The zero-order chi connectivity index (χ0) is 27.1. The minimum Gasteiger partial charge on any atom is -0.494 e. The summed E-state index contributed by atoms with van der Waals surface area (Å²) in [6.07, 6.45) is 2.44. The van der Waals surface area contributed by atoms with Gasteiger partial charge in [0.15, 0.2) is 0 Å². The Hall–Kier alpha value is -3.93. The lowest BCUT2D eigenvalue weighted by molar-refractivity contribution is 0.0234. The molecule has 0 N–H and O–H groups in total. The van der Waals surface area contributed by atoms with Gasteiger partial charge < -0.3 is 23.7 Å². The van der Waals surface area contributed by atoms with Gasteiger partial charge in [-0.15, -0.1) is 0 Å². The molecule has 0 bridgehead atoms. The first-order valence-electron chi connectivity index (χ1n) is 13.2. The molecule has 1 aromatic heterocycles. The summed E-state index contributed by atoms with van der Waals surface area (Å²) in [5, 5.41) is 1.07. The first-order chi connectivity index (χ1) is 18.2. The van der Waals surface area contributed by atoms with Crippen molar-refractivity contribution in [2.24, 2.45) is 7.05 Å². The molecule has 3 aromatic carbocycles. The van der Waals surface area contributed by atoms with Crippen molar-refractivity contribution in [1.82, 2.24) is 9.47 Å². The molecule has 0 saturated carbocycles. The Morgan fingerprint density at radius 1 is 0.868 bits per heavy atom. The molecule has 6 heteroatoms. The van der Waals surface area contributed by atoms with E-state index < -0.39 is 5.60 Å². The number of para-hydroxylation sites is 1. The highest BCUT2D eigenvalue weighted by Crippen LogP contribution is 2.32. The van der Waals surface area contributed by atoms with Crippen molar-refractivity contribution in [1.29, 1.82) is 0 Å². The predicted octanol–water partition coefficient (Wildman–Crippen LogP) is 7.14. The highest BCUT2D eigenvalue weighted by atomic mass is 16.6. The Balaban J connectivity index is 1.59. The monoisotopic (exact) mass is 514 g/mol. The van der Waals surface area contributed by atoms with E-state index in [-0.39, 0.29) is 6.09 Å². The van der Waals surface area contributed by atoms with Crippen molar-refractivity contribution in [3.63, 3.8) is 0 Å². The van der Waals surface area contributed by atoms with Crippen LogP contribution in [0.25, 0.3) is 10.9 Å². The first kappa shape index (κ1) is 27.1. The Morgan fingerprint density at radius 2 is 1.58 bits per heavy atom. The van der Waals surface area contributed by atoms with Crippen molar-refractivity contribution >= 4 is 17.0 Å². The topological polar surface area (TPSA) is 52.9 Å². The maximum Gasteiger partial charge on any atom is 0.410 e. The van der Waals surface area contributed by atoms with E-state index in [4.69, 9.17) is 14.2 Å². The number of hydrogen-bond acceptors (Lipinski definition) is 4. The third-order valence-corrected chi connectivity index (χ3v) is 6.23. The van der Waals surface area contributed by atoms with Gasteiger partial charge in [-0.3, -0.25) is 0 Å². The molecule has 0 spiro atoms. The minimum atomic E-state index is -0.591. The van der Waals surface area contributed by atoms with Gasteiger partial charge in [0.25, 0.3) is 0 Å². The summed E-state index contributed by atoms with van der Waals surface area (Å²) in [5.74, 6) is 1.62. The second-order valence-electron chi connectivity index (χ2n) is 10.4. The largest absolute Gasteiger partial charge is 0.494 e. The number of aromatic nitrogens is 1. The molecule has 4 aromatic rings. The van der Waals surface area contributed by atoms with Crippen LogP contribution in [0.15, 0.2) is 79.0 Å². The summed E-state index contributed by atoms with van der Waals surface area (Å²) in [6, 6.07) is 24.1. The van der Waals surface area contributed by atoms with Crippen LogP contribution in [-0.4, -0.2) is 34.3 Å². The number of carbonyl (C=O) groups excluding carboxylic acids is 1. The maximum atomic E-state index is 13.3. The molecule has 0 unspecified atom stereocenters. The van der Waals surface area contributed by atoms with Crippen LogP contribution in [0.1, 0.15) is 44.4 Å². The lowest BCUT2D eigenvalue weighted by Crippen LogP contribution is -2.37. The van der Waals surface area contributed by atoms with Crippen molar-refractivity contribution in [2.45, 2.75) is 52.9 Å². The molecule has 1 amide bonds. The molecular formula is C32H38N2O4. The molecule has 0 aliphatic carbocycles. The molecule has 0 aliphatic rings. The fourth-order valence-electron chi connectivity index (χ4n) is 4.50. The second-order valence-corrected chi connectivity index (χ2v) is 10.4. The molecule has 1 heterocycles. The van der Waals surface area contributed by atoms with Crippen molar-refractivity contribution in [2.75, 3.05) is 13.2 Å². The van der Waals surface area contributed by atoms with Crippen LogP contribution < -0.4 is 9.47 Å². The zero-order valence-electron chi connectivity index (χ0n) is 23.1. The fraction of sp³-hybridized carbons (Fsp3) is 0.344. The second kappa shape index (κ2) is 12.1. The Bertz CT molecular complexity index is 1360. The molecule has 200 valence electrons. The minimum absolute atomic E-state index is 0.343. The van der Waals surface area contributed by atoms with Gasteiger partial charge in [-0.25, -0.2) is 4.79 Å². The smallest absolute Gasteiger partial charge is 0.410 e. The molecule has 4 rings (SSSR count). The number of aryl methyl sites for hydroxylation is 1. The summed E-state index contributed by atoms with van der Waals surface area (Å²) in [5.41, 5.74) is 3.69. The molecule has 0 saturated heterocycles. The van der Waals surface area contributed by atoms with Gasteiger partial charge in [-0.2, -0.15) is 0 Å². The average Bonchev–Trinajstić information content (AvgIpc) is 3.22. The van der Waals surface area contributed by atoms with Gasteiger partial charge >= 0.3 is 6.09 Å². The van der Waals surface area contributed by atoms with Crippen LogP contribution in [0.3, 0.4) is 0 Å². The number of ether oxygens (including phenoxy) is 3. The number of nitrogens with zero attached hydrogens (tertiary/aromatic N) is 2. The van der Waals surface area contributed by atoms with Crippen LogP contribution in [-0.2, 0) is 31.4 Å². The summed E-state index contributed by atoms with van der Waals surface area (Å²) < 4.78 is 20.0. The molecule has 0 atom stereocenters. The van der Waals surface area contributed by atoms with Gasteiger partial charge in [-0.1, -0.05) is 54.6 Å². The summed E-state index contributed by atoms with van der Waals surface area (Å²) >= 11 is 0. The summed E-state index contributed by atoms with van der Waals surface area (Å²) in [7, 11) is 2.04. The van der Waals surface area contributed by atoms with Crippen LogP contribution >= 0.6 is 0 Å². The van der Waals surface area contributed by atoms with Gasteiger partial charge in [0.05, 0.1) is 18.7 Å². The normalized spacial score (nSPS) is 11.4. The van der Waals surface area contributed by atoms with Crippen molar-refractivity contribution < 1.29 is 19.0 Å². The molecular weight excluding hydrogens is 476 g/mol. The highest BCUT2D eigenvalue weighted by Gasteiger charge is 2.24. The van der Waals surface area contributed by atoms with Crippen molar-refractivity contribution in [3.8, 4) is 11.5 Å². The van der Waals surface area contributed by atoms with E-state index in [1.165, 1.54) is 0 Å². The molecule has 6 nitrogen and oxygen atoms in total. The maximum absolute atomic E-state index is 13.3. The first-order valence-corrected chi connectivity index (χ1v) is 13.2. The Kier molecular flexibility index (Phi) is 8.62. The van der Waals surface area contributed by atoms with Gasteiger partial charge in [0.2, 0.25) is 0 Å². The standard InChI is InChI=1S/C32H38N2O4/c1-6-36-28-17-11-10-15-25(28)22-34(31(35)38-32(2,3)4)20-19-26-21-33(5)27-16-12-18-29(30(26)27)37-23-24-13-8-7-9-14-24/h7-18,21H,6,19-20,22-23H2,1-5H3. The Morgan fingerprint density at radius 3 is 2.32 bits per heavy atom. The third kappa shape index (κ3) is 6.88. The zero-order valence-corrected chi connectivity index (χ0v) is 23.1. The van der Waals surface area contributed by atoms with E-state index in [0.29, 0.717) is 32.7 Å². The predicted molar refractivity (Wildman–Crippen MR) is 152 cm³/mol. The van der Waals surface area contributed by atoms with Crippen LogP contribution in [0.4, 0.5) is 4.79 Å². The fourth-order valence-corrected chi connectivity index (χ4v) is 4.50. The van der Waals surface area contributed by atoms with Gasteiger partial charge in [-0.05, 0) is 63.4 Å². The van der Waals surface area contributed by atoms with E-state index in [2.05, 4.69) is 29.0 Å². The van der Waals surface area contributed by atoms with Crippen LogP contribution in [0.5, 0.6) is 11.5 Å². The molecule has 38 heavy (non-hydrogen) atoms.